The Morgan fingerprint density at radius 3 is 2.41 bits per heavy atom. The summed E-state index contributed by atoms with van der Waals surface area (Å²) in [5.74, 6) is -0.739. The summed E-state index contributed by atoms with van der Waals surface area (Å²) in [5, 5.41) is 3.64. The molecular formula is C16H15ClF3N3O3S. The van der Waals surface area contributed by atoms with Crippen molar-refractivity contribution in [3.05, 3.63) is 53.2 Å². The average molecular weight is 422 g/mol. The van der Waals surface area contributed by atoms with Crippen LogP contribution >= 0.6 is 11.6 Å². The minimum absolute atomic E-state index is 0.266. The minimum atomic E-state index is -4.90. The molecule has 0 aliphatic carbocycles. The van der Waals surface area contributed by atoms with Crippen molar-refractivity contribution in [1.29, 1.82) is 0 Å². The van der Waals surface area contributed by atoms with Gasteiger partial charge in [0.15, 0.2) is 0 Å². The van der Waals surface area contributed by atoms with Crippen LogP contribution in [0.4, 0.5) is 13.2 Å². The number of hydrogen-bond acceptors (Lipinski definition) is 5. The van der Waals surface area contributed by atoms with E-state index >= 15 is 0 Å². The van der Waals surface area contributed by atoms with Crippen LogP contribution in [-0.2, 0) is 15.6 Å². The Morgan fingerprint density at radius 1 is 1.19 bits per heavy atom. The molecule has 2 aromatic rings. The third-order valence-electron chi connectivity index (χ3n) is 4.12. The molecule has 1 saturated heterocycles. The van der Waals surface area contributed by atoms with Crippen LogP contribution in [0.15, 0.2) is 47.5 Å². The minimum Gasteiger partial charge on any atom is -0.388 e. The van der Waals surface area contributed by atoms with Crippen molar-refractivity contribution in [2.75, 3.05) is 13.1 Å². The van der Waals surface area contributed by atoms with Crippen molar-refractivity contribution < 1.29 is 26.3 Å². The van der Waals surface area contributed by atoms with Gasteiger partial charge in [0.1, 0.15) is 4.90 Å². The number of alkyl halides is 3. The molecule has 1 fully saturated rings. The van der Waals surface area contributed by atoms with E-state index in [0.717, 1.165) is 23.9 Å². The van der Waals surface area contributed by atoms with E-state index in [4.69, 9.17) is 11.6 Å². The quantitative estimate of drug-likeness (QED) is 0.776. The van der Waals surface area contributed by atoms with Crippen molar-refractivity contribution in [2.24, 2.45) is 0 Å². The largest absolute Gasteiger partial charge is 0.574 e. The molecular weight excluding hydrogens is 407 g/mol. The van der Waals surface area contributed by atoms with Crippen LogP contribution in [0, 0.1) is 0 Å². The fourth-order valence-corrected chi connectivity index (χ4v) is 4.36. The van der Waals surface area contributed by atoms with Crippen molar-refractivity contribution in [3.63, 3.8) is 0 Å². The second-order valence-corrected chi connectivity index (χ2v) is 8.12. The summed E-state index contributed by atoms with van der Waals surface area (Å²) >= 11 is 5.90. The Hall–Kier alpha value is -1.88. The molecule has 1 atom stereocenters. The summed E-state index contributed by atoms with van der Waals surface area (Å²) in [6, 6.07) is 8.65. The molecule has 146 valence electrons. The summed E-state index contributed by atoms with van der Waals surface area (Å²) in [6.07, 6.45) is -3.59. The van der Waals surface area contributed by atoms with Gasteiger partial charge in [-0.2, -0.15) is 4.72 Å². The molecule has 0 radical (unpaired) electrons. The van der Waals surface area contributed by atoms with E-state index in [-0.39, 0.29) is 4.90 Å². The maximum atomic E-state index is 12.8. The first-order chi connectivity index (χ1) is 12.6. The van der Waals surface area contributed by atoms with Gasteiger partial charge in [-0.1, -0.05) is 23.7 Å². The van der Waals surface area contributed by atoms with Crippen LogP contribution in [0.25, 0.3) is 0 Å². The van der Waals surface area contributed by atoms with Crippen LogP contribution in [0.1, 0.15) is 12.0 Å². The molecule has 2 N–H and O–H groups in total. The Balaban J connectivity index is 1.86. The second kappa shape index (κ2) is 7.27. The maximum Gasteiger partial charge on any atom is 0.574 e. The van der Waals surface area contributed by atoms with Crippen LogP contribution in [0.3, 0.4) is 0 Å². The zero-order valence-corrected chi connectivity index (χ0v) is 15.3. The number of pyridine rings is 1. The number of nitrogens with one attached hydrogen (secondary N) is 2. The number of halogens is 4. The summed E-state index contributed by atoms with van der Waals surface area (Å²) < 4.78 is 68.4. The highest BCUT2D eigenvalue weighted by molar-refractivity contribution is 7.89. The van der Waals surface area contributed by atoms with E-state index in [1.165, 1.54) is 0 Å². The van der Waals surface area contributed by atoms with Gasteiger partial charge >= 0.3 is 6.36 Å². The van der Waals surface area contributed by atoms with Gasteiger partial charge in [-0.25, -0.2) is 13.4 Å². The normalized spacial score (nSPS) is 20.6. The van der Waals surface area contributed by atoms with E-state index in [2.05, 4.69) is 19.8 Å². The molecule has 0 spiro atoms. The predicted molar refractivity (Wildman–Crippen MR) is 91.9 cm³/mol. The van der Waals surface area contributed by atoms with Gasteiger partial charge in [0, 0.05) is 17.6 Å². The molecule has 1 aromatic carbocycles. The van der Waals surface area contributed by atoms with Gasteiger partial charge in [0.2, 0.25) is 15.9 Å². The first kappa shape index (κ1) is 19.9. The molecule has 3 rings (SSSR count). The highest BCUT2D eigenvalue weighted by atomic mass is 35.5. The fourth-order valence-electron chi connectivity index (χ4n) is 2.87. The summed E-state index contributed by atoms with van der Waals surface area (Å²) in [6.45, 7) is 0.957. The van der Waals surface area contributed by atoms with Gasteiger partial charge in [-0.05, 0) is 36.7 Å². The Morgan fingerprint density at radius 2 is 1.89 bits per heavy atom. The van der Waals surface area contributed by atoms with E-state index in [9.17, 15) is 21.6 Å². The zero-order valence-electron chi connectivity index (χ0n) is 13.8. The van der Waals surface area contributed by atoms with Crippen LogP contribution in [-0.4, -0.2) is 32.9 Å². The molecule has 1 unspecified atom stereocenters. The number of rotatable bonds is 5. The molecule has 1 aromatic heterocycles. The predicted octanol–water partition coefficient (Wildman–Crippen LogP) is 2.80. The van der Waals surface area contributed by atoms with E-state index in [1.807, 2.05) is 0 Å². The Labute approximate surface area is 158 Å². The number of aromatic nitrogens is 1. The number of ether oxygens (including phenoxy) is 1. The molecule has 0 saturated carbocycles. The monoisotopic (exact) mass is 421 g/mol. The fraction of sp³-hybridized carbons (Fsp3) is 0.312. The highest BCUT2D eigenvalue weighted by Crippen LogP contribution is 2.31. The standard InChI is InChI=1S/C16H15ClF3N3O3S/c17-12-3-1-11(2-4-12)15(7-8-21-10-15)23-27(24,25)13-5-6-14(22-9-13)26-16(18,19)20/h1-6,9,21,23H,7-8,10H2. The Kier molecular flexibility index (Phi) is 5.35. The van der Waals surface area contributed by atoms with Gasteiger partial charge in [-0.15, -0.1) is 13.2 Å². The topological polar surface area (TPSA) is 80.3 Å². The molecule has 0 bridgehead atoms. The maximum absolute atomic E-state index is 12.8. The number of nitrogens with zero attached hydrogens (tertiary/aromatic N) is 1. The first-order valence-electron chi connectivity index (χ1n) is 7.82. The molecule has 2 heterocycles. The molecule has 1 aliphatic heterocycles. The van der Waals surface area contributed by atoms with Crippen LogP contribution in [0.5, 0.6) is 5.88 Å². The Bertz CT molecular complexity index is 897. The van der Waals surface area contributed by atoms with Crippen LogP contribution in [0.2, 0.25) is 5.02 Å². The van der Waals surface area contributed by atoms with Gasteiger partial charge in [0.05, 0.1) is 11.7 Å². The van der Waals surface area contributed by atoms with E-state index < -0.39 is 27.8 Å². The smallest absolute Gasteiger partial charge is 0.388 e. The van der Waals surface area contributed by atoms with Crippen molar-refractivity contribution in [3.8, 4) is 5.88 Å². The summed E-state index contributed by atoms with van der Waals surface area (Å²) in [7, 11) is -4.04. The molecule has 27 heavy (non-hydrogen) atoms. The molecule has 11 heteroatoms. The third-order valence-corrected chi connectivity index (χ3v) is 5.90. The van der Waals surface area contributed by atoms with Crippen molar-refractivity contribution in [2.45, 2.75) is 23.2 Å². The second-order valence-electron chi connectivity index (χ2n) is 6.00. The third kappa shape index (κ3) is 4.70. The van der Waals surface area contributed by atoms with Gasteiger partial charge < -0.3 is 10.1 Å². The number of hydrogen-bond donors (Lipinski definition) is 2. The zero-order chi connectivity index (χ0) is 19.7. The molecule has 6 nitrogen and oxygen atoms in total. The number of sulfonamides is 1. The molecule has 1 aliphatic rings. The lowest BCUT2D eigenvalue weighted by Crippen LogP contribution is -2.47. The summed E-state index contributed by atoms with van der Waals surface area (Å²) in [4.78, 5) is 3.15. The molecule has 0 amide bonds. The number of benzene rings is 1. The van der Waals surface area contributed by atoms with Crippen molar-refractivity contribution >= 4 is 21.6 Å². The summed E-state index contributed by atoms with van der Waals surface area (Å²) in [5.41, 5.74) is -0.171. The van der Waals surface area contributed by atoms with Crippen molar-refractivity contribution in [1.82, 2.24) is 15.0 Å². The SMILES string of the molecule is O=S(=O)(NC1(c2ccc(Cl)cc2)CCNC1)c1ccc(OC(F)(F)F)nc1. The average Bonchev–Trinajstić information content (AvgIpc) is 3.03. The lowest BCUT2D eigenvalue weighted by molar-refractivity contribution is -0.276. The lowest BCUT2D eigenvalue weighted by atomic mass is 9.90. The highest BCUT2D eigenvalue weighted by Gasteiger charge is 2.40. The lowest BCUT2D eigenvalue weighted by Gasteiger charge is -2.30. The van der Waals surface area contributed by atoms with Gasteiger partial charge in [0.25, 0.3) is 0 Å². The van der Waals surface area contributed by atoms with E-state index in [0.29, 0.717) is 24.5 Å². The first-order valence-corrected chi connectivity index (χ1v) is 9.68. The van der Waals surface area contributed by atoms with Crippen LogP contribution < -0.4 is 14.8 Å². The van der Waals surface area contributed by atoms with E-state index in [1.54, 1.807) is 24.3 Å². The van der Waals surface area contributed by atoms with Gasteiger partial charge in [-0.3, -0.25) is 0 Å².